The summed E-state index contributed by atoms with van der Waals surface area (Å²) >= 11 is 6.08. The number of benzene rings is 3. The first-order chi connectivity index (χ1) is 13.0. The summed E-state index contributed by atoms with van der Waals surface area (Å²) in [4.78, 5) is 25.1. The molecule has 3 rings (SSSR count). The molecular formula is C22H19ClN2O2. The number of hydrogen-bond acceptors (Lipinski definition) is 2. The first kappa shape index (κ1) is 18.7. The predicted octanol–water partition coefficient (Wildman–Crippen LogP) is 4.83. The van der Waals surface area contributed by atoms with Gasteiger partial charge in [-0.15, -0.1) is 0 Å². The van der Waals surface area contributed by atoms with E-state index in [0.29, 0.717) is 28.4 Å². The van der Waals surface area contributed by atoms with E-state index in [1.807, 2.05) is 31.2 Å². The third-order valence-corrected chi connectivity index (χ3v) is 4.40. The Balaban J connectivity index is 1.74. The molecule has 27 heavy (non-hydrogen) atoms. The average molecular weight is 379 g/mol. The number of para-hydroxylation sites is 1. The van der Waals surface area contributed by atoms with Crippen LogP contribution in [0.25, 0.3) is 0 Å². The summed E-state index contributed by atoms with van der Waals surface area (Å²) in [5.74, 6) is -0.619. The van der Waals surface area contributed by atoms with Gasteiger partial charge in [-0.3, -0.25) is 9.59 Å². The van der Waals surface area contributed by atoms with Gasteiger partial charge in [0.25, 0.3) is 11.8 Å². The maximum atomic E-state index is 12.6. The van der Waals surface area contributed by atoms with Crippen molar-refractivity contribution in [3.63, 3.8) is 0 Å². The van der Waals surface area contributed by atoms with E-state index >= 15 is 0 Å². The summed E-state index contributed by atoms with van der Waals surface area (Å²) in [6.07, 6.45) is 0. The smallest absolute Gasteiger partial charge is 0.257 e. The Kier molecular flexibility index (Phi) is 5.89. The molecule has 0 fully saturated rings. The first-order valence-electron chi connectivity index (χ1n) is 8.53. The fourth-order valence-electron chi connectivity index (χ4n) is 2.72. The normalized spacial score (nSPS) is 10.3. The number of hydrogen-bond donors (Lipinski definition) is 2. The zero-order chi connectivity index (χ0) is 19.2. The van der Waals surface area contributed by atoms with E-state index in [1.54, 1.807) is 48.5 Å². The molecule has 0 aliphatic carbocycles. The predicted molar refractivity (Wildman–Crippen MR) is 108 cm³/mol. The van der Waals surface area contributed by atoms with E-state index in [2.05, 4.69) is 10.6 Å². The van der Waals surface area contributed by atoms with Crippen molar-refractivity contribution in [1.82, 2.24) is 5.32 Å². The second-order valence-corrected chi connectivity index (χ2v) is 6.56. The number of rotatable bonds is 5. The Morgan fingerprint density at radius 3 is 2.30 bits per heavy atom. The van der Waals surface area contributed by atoms with Crippen molar-refractivity contribution in [3.05, 3.63) is 100 Å². The number of nitrogens with one attached hydrogen (secondary N) is 2. The van der Waals surface area contributed by atoms with E-state index in [9.17, 15) is 9.59 Å². The molecule has 0 heterocycles. The van der Waals surface area contributed by atoms with Crippen LogP contribution >= 0.6 is 11.6 Å². The molecule has 0 bridgehead atoms. The summed E-state index contributed by atoms with van der Waals surface area (Å²) in [5.41, 5.74) is 3.33. The Morgan fingerprint density at radius 2 is 1.56 bits per heavy atom. The number of carbonyl (C=O) groups excluding carboxylic acids is 2. The zero-order valence-electron chi connectivity index (χ0n) is 14.8. The van der Waals surface area contributed by atoms with Crippen LogP contribution in [-0.2, 0) is 6.54 Å². The Morgan fingerprint density at radius 1 is 0.852 bits per heavy atom. The van der Waals surface area contributed by atoms with Gasteiger partial charge < -0.3 is 10.6 Å². The first-order valence-corrected chi connectivity index (χ1v) is 8.91. The van der Waals surface area contributed by atoms with Crippen LogP contribution < -0.4 is 10.6 Å². The molecule has 0 unspecified atom stereocenters. The molecule has 0 radical (unpaired) electrons. The van der Waals surface area contributed by atoms with Crippen molar-refractivity contribution in [3.8, 4) is 0 Å². The summed E-state index contributed by atoms with van der Waals surface area (Å²) in [5, 5.41) is 6.02. The highest BCUT2D eigenvalue weighted by Crippen LogP contribution is 2.20. The SMILES string of the molecule is Cc1cccc(CNC(=O)c2ccccc2NC(=O)c2ccccc2Cl)c1. The van der Waals surface area contributed by atoms with Crippen molar-refractivity contribution in [2.45, 2.75) is 13.5 Å². The molecule has 0 saturated heterocycles. The van der Waals surface area contributed by atoms with Gasteiger partial charge >= 0.3 is 0 Å². The lowest BCUT2D eigenvalue weighted by Crippen LogP contribution is -2.25. The molecule has 2 amide bonds. The quantitative estimate of drug-likeness (QED) is 0.668. The van der Waals surface area contributed by atoms with Gasteiger partial charge in [0.15, 0.2) is 0 Å². The second-order valence-electron chi connectivity index (χ2n) is 6.15. The molecular weight excluding hydrogens is 360 g/mol. The monoisotopic (exact) mass is 378 g/mol. The maximum absolute atomic E-state index is 12.6. The van der Waals surface area contributed by atoms with Crippen LogP contribution in [0.3, 0.4) is 0 Å². The zero-order valence-corrected chi connectivity index (χ0v) is 15.6. The minimum Gasteiger partial charge on any atom is -0.348 e. The fourth-order valence-corrected chi connectivity index (χ4v) is 2.95. The van der Waals surface area contributed by atoms with Crippen molar-refractivity contribution in [2.24, 2.45) is 0 Å². The van der Waals surface area contributed by atoms with Gasteiger partial charge in [0.1, 0.15) is 0 Å². The highest BCUT2D eigenvalue weighted by atomic mass is 35.5. The Hall–Kier alpha value is -3.11. The summed E-state index contributed by atoms with van der Waals surface area (Å²) in [7, 11) is 0. The van der Waals surface area contributed by atoms with Crippen LogP contribution in [0.2, 0.25) is 5.02 Å². The molecule has 0 aliphatic rings. The third kappa shape index (κ3) is 4.74. The van der Waals surface area contributed by atoms with E-state index < -0.39 is 0 Å². The van der Waals surface area contributed by atoms with E-state index in [1.165, 1.54) is 0 Å². The molecule has 0 aromatic heterocycles. The standard InChI is InChI=1S/C22H19ClN2O2/c1-15-7-6-8-16(13-15)14-24-21(26)18-10-3-5-12-20(18)25-22(27)17-9-2-4-11-19(17)23/h2-13H,14H2,1H3,(H,24,26)(H,25,27). The highest BCUT2D eigenvalue weighted by molar-refractivity contribution is 6.34. The largest absolute Gasteiger partial charge is 0.348 e. The van der Waals surface area contributed by atoms with Crippen LogP contribution in [0.5, 0.6) is 0 Å². The Bertz CT molecular complexity index is 985. The summed E-state index contributed by atoms with van der Waals surface area (Å²) in [6, 6.07) is 21.6. The number of carbonyl (C=O) groups is 2. The lowest BCUT2D eigenvalue weighted by Gasteiger charge is -2.12. The molecule has 0 aliphatic heterocycles. The average Bonchev–Trinajstić information content (AvgIpc) is 2.67. The van der Waals surface area contributed by atoms with E-state index in [0.717, 1.165) is 11.1 Å². The van der Waals surface area contributed by atoms with Crippen LogP contribution in [0.15, 0.2) is 72.8 Å². The van der Waals surface area contributed by atoms with Gasteiger partial charge in [0.05, 0.1) is 21.8 Å². The lowest BCUT2D eigenvalue weighted by molar-refractivity contribution is 0.0952. The Labute approximate surface area is 163 Å². The molecule has 0 saturated carbocycles. The lowest BCUT2D eigenvalue weighted by atomic mass is 10.1. The van der Waals surface area contributed by atoms with Crippen molar-refractivity contribution >= 4 is 29.1 Å². The summed E-state index contributed by atoms with van der Waals surface area (Å²) in [6.45, 7) is 2.41. The van der Waals surface area contributed by atoms with E-state index in [-0.39, 0.29) is 11.8 Å². The van der Waals surface area contributed by atoms with Gasteiger partial charge in [-0.05, 0) is 36.8 Å². The van der Waals surface area contributed by atoms with Crippen LogP contribution in [-0.4, -0.2) is 11.8 Å². The summed E-state index contributed by atoms with van der Waals surface area (Å²) < 4.78 is 0. The van der Waals surface area contributed by atoms with Gasteiger partial charge in [-0.2, -0.15) is 0 Å². The van der Waals surface area contributed by atoms with Crippen molar-refractivity contribution in [1.29, 1.82) is 0 Å². The number of aryl methyl sites for hydroxylation is 1. The number of amides is 2. The molecule has 2 N–H and O–H groups in total. The minimum absolute atomic E-state index is 0.258. The van der Waals surface area contributed by atoms with Crippen molar-refractivity contribution in [2.75, 3.05) is 5.32 Å². The van der Waals surface area contributed by atoms with Crippen molar-refractivity contribution < 1.29 is 9.59 Å². The topological polar surface area (TPSA) is 58.2 Å². The molecule has 3 aromatic carbocycles. The molecule has 3 aromatic rings. The minimum atomic E-state index is -0.362. The number of anilines is 1. The van der Waals surface area contributed by atoms with Gasteiger partial charge in [-0.25, -0.2) is 0 Å². The molecule has 5 heteroatoms. The van der Waals surface area contributed by atoms with E-state index in [4.69, 9.17) is 11.6 Å². The van der Waals surface area contributed by atoms with Gasteiger partial charge in [0.2, 0.25) is 0 Å². The maximum Gasteiger partial charge on any atom is 0.257 e. The van der Waals surface area contributed by atoms with Crippen LogP contribution in [0, 0.1) is 6.92 Å². The molecule has 4 nitrogen and oxygen atoms in total. The van der Waals surface area contributed by atoms with Gasteiger partial charge in [-0.1, -0.05) is 65.7 Å². The molecule has 0 spiro atoms. The third-order valence-electron chi connectivity index (χ3n) is 4.07. The highest BCUT2D eigenvalue weighted by Gasteiger charge is 2.15. The molecule has 0 atom stereocenters. The molecule has 136 valence electrons. The number of halogens is 1. The fraction of sp³-hybridized carbons (Fsp3) is 0.0909. The van der Waals surface area contributed by atoms with Gasteiger partial charge in [0, 0.05) is 6.54 Å². The van der Waals surface area contributed by atoms with Crippen LogP contribution in [0.1, 0.15) is 31.8 Å². The second kappa shape index (κ2) is 8.52. The van der Waals surface area contributed by atoms with Crippen LogP contribution in [0.4, 0.5) is 5.69 Å².